The van der Waals surface area contributed by atoms with E-state index in [1.807, 2.05) is 0 Å². The molecule has 0 aliphatic carbocycles. The Morgan fingerprint density at radius 2 is 1.79 bits per heavy atom. The fourth-order valence-electron chi connectivity index (χ4n) is 4.15. The zero-order valence-corrected chi connectivity index (χ0v) is 20.8. The first kappa shape index (κ1) is 24.8. The second kappa shape index (κ2) is 10.9. The molecule has 184 valence electrons. The Labute approximate surface area is 205 Å². The van der Waals surface area contributed by atoms with Gasteiger partial charge in [-0.2, -0.15) is 4.31 Å². The molecule has 2 fully saturated rings. The van der Waals surface area contributed by atoms with Crippen molar-refractivity contribution in [1.29, 1.82) is 0 Å². The van der Waals surface area contributed by atoms with Crippen molar-refractivity contribution in [2.45, 2.75) is 37.2 Å². The molecule has 10 heteroatoms. The monoisotopic (exact) mass is 507 g/mol. The molecule has 2 aromatic carbocycles. The molecule has 2 heterocycles. The van der Waals surface area contributed by atoms with E-state index >= 15 is 0 Å². The molecule has 4 rings (SSSR count). The molecule has 8 nitrogen and oxygen atoms in total. The number of carbonyl (C=O) groups is 1. The maximum absolute atomic E-state index is 13.2. The number of morpholine rings is 1. The molecule has 0 saturated carbocycles. The lowest BCUT2D eigenvalue weighted by Gasteiger charge is -2.31. The fraction of sp³-hybridized carbons (Fsp3) is 0.458. The van der Waals surface area contributed by atoms with E-state index in [0.717, 1.165) is 38.0 Å². The van der Waals surface area contributed by atoms with Crippen molar-refractivity contribution >= 4 is 38.9 Å². The summed E-state index contributed by atoms with van der Waals surface area (Å²) in [5, 5.41) is 3.42. The van der Waals surface area contributed by atoms with E-state index in [2.05, 4.69) is 10.2 Å². The number of hydrogen-bond donors (Lipinski definition) is 1. The van der Waals surface area contributed by atoms with E-state index in [9.17, 15) is 13.2 Å². The fourth-order valence-corrected chi connectivity index (χ4v) is 5.77. The number of nitrogens with zero attached hydrogens (tertiary/aromatic N) is 2. The summed E-state index contributed by atoms with van der Waals surface area (Å²) in [6.07, 6.45) is 2.45. The molecular formula is C24H30ClN3O5S. The predicted octanol–water partition coefficient (Wildman–Crippen LogP) is 3.76. The molecule has 1 N–H and O–H groups in total. The standard InChI is InChI=1S/C24H30ClN3O5S/c1-18(33-20-7-5-6-19(25)16-20)24(29)26-22-17-21(34(30,31)28-12-14-32-15-13-28)8-9-23(22)27-10-3-2-4-11-27/h5-9,16-18H,2-4,10-15H2,1H3,(H,26,29)/t18-/m1/s1. The highest BCUT2D eigenvalue weighted by atomic mass is 35.5. The van der Waals surface area contributed by atoms with E-state index in [0.29, 0.717) is 42.8 Å². The van der Waals surface area contributed by atoms with E-state index < -0.39 is 16.1 Å². The first-order valence-corrected chi connectivity index (χ1v) is 13.4. The van der Waals surface area contributed by atoms with Crippen molar-refractivity contribution in [2.24, 2.45) is 0 Å². The van der Waals surface area contributed by atoms with Gasteiger partial charge in [0.2, 0.25) is 10.0 Å². The van der Waals surface area contributed by atoms with Gasteiger partial charge in [-0.15, -0.1) is 0 Å². The van der Waals surface area contributed by atoms with Crippen LogP contribution in [0.3, 0.4) is 0 Å². The maximum atomic E-state index is 13.2. The van der Waals surface area contributed by atoms with Crippen LogP contribution in [0.5, 0.6) is 5.75 Å². The summed E-state index contributed by atoms with van der Waals surface area (Å²) in [5.74, 6) is 0.106. The SMILES string of the molecule is C[C@@H](Oc1cccc(Cl)c1)C(=O)Nc1cc(S(=O)(=O)N2CCOCC2)ccc1N1CCCCC1. The van der Waals surface area contributed by atoms with E-state index in [4.69, 9.17) is 21.1 Å². The van der Waals surface area contributed by atoms with Gasteiger partial charge in [0.15, 0.2) is 6.10 Å². The molecule has 2 aliphatic rings. The van der Waals surface area contributed by atoms with Crippen molar-refractivity contribution in [3.8, 4) is 5.75 Å². The van der Waals surface area contributed by atoms with Gasteiger partial charge in [0, 0.05) is 31.2 Å². The number of ether oxygens (including phenoxy) is 2. The Balaban J connectivity index is 1.59. The first-order chi connectivity index (χ1) is 16.3. The summed E-state index contributed by atoms with van der Waals surface area (Å²) in [5.41, 5.74) is 1.27. The molecule has 0 aromatic heterocycles. The minimum Gasteiger partial charge on any atom is -0.481 e. The topological polar surface area (TPSA) is 88.2 Å². The number of hydrogen-bond acceptors (Lipinski definition) is 6. The van der Waals surface area contributed by atoms with Crippen molar-refractivity contribution in [2.75, 3.05) is 49.6 Å². The smallest absolute Gasteiger partial charge is 0.265 e. The lowest BCUT2D eigenvalue weighted by Crippen LogP contribution is -2.40. The average molecular weight is 508 g/mol. The first-order valence-electron chi connectivity index (χ1n) is 11.5. The number of piperidine rings is 1. The molecule has 0 spiro atoms. The van der Waals surface area contributed by atoms with Crippen LogP contribution in [-0.2, 0) is 19.6 Å². The zero-order valence-electron chi connectivity index (χ0n) is 19.2. The Morgan fingerprint density at radius 3 is 2.50 bits per heavy atom. The van der Waals surface area contributed by atoms with Gasteiger partial charge in [0.05, 0.1) is 29.5 Å². The summed E-state index contributed by atoms with van der Waals surface area (Å²) in [7, 11) is -3.70. The van der Waals surface area contributed by atoms with Gasteiger partial charge in [0.1, 0.15) is 5.75 Å². The van der Waals surface area contributed by atoms with Crippen molar-refractivity contribution in [3.63, 3.8) is 0 Å². The molecule has 2 saturated heterocycles. The minimum atomic E-state index is -3.70. The molecule has 1 atom stereocenters. The van der Waals surface area contributed by atoms with Crippen LogP contribution in [0, 0.1) is 0 Å². The molecule has 34 heavy (non-hydrogen) atoms. The van der Waals surface area contributed by atoms with E-state index in [1.165, 1.54) is 4.31 Å². The summed E-state index contributed by atoms with van der Waals surface area (Å²) in [6.45, 7) is 4.70. The third kappa shape index (κ3) is 5.83. The van der Waals surface area contributed by atoms with Gasteiger partial charge in [-0.05, 0) is 62.6 Å². The second-order valence-corrected chi connectivity index (χ2v) is 10.8. The Bertz CT molecular complexity index is 1120. The van der Waals surface area contributed by atoms with Gasteiger partial charge >= 0.3 is 0 Å². The molecule has 0 radical (unpaired) electrons. The molecule has 2 aliphatic heterocycles. The molecule has 1 amide bonds. The van der Waals surface area contributed by atoms with Gasteiger partial charge in [-0.3, -0.25) is 4.79 Å². The Morgan fingerprint density at radius 1 is 1.06 bits per heavy atom. The highest BCUT2D eigenvalue weighted by molar-refractivity contribution is 7.89. The van der Waals surface area contributed by atoms with Crippen LogP contribution in [0.4, 0.5) is 11.4 Å². The van der Waals surface area contributed by atoms with E-state index in [-0.39, 0.29) is 10.8 Å². The summed E-state index contributed by atoms with van der Waals surface area (Å²) in [4.78, 5) is 15.4. The highest BCUT2D eigenvalue weighted by Crippen LogP contribution is 2.32. The van der Waals surface area contributed by atoms with Gasteiger partial charge in [-0.25, -0.2) is 8.42 Å². The van der Waals surface area contributed by atoms with Crippen LogP contribution in [0.25, 0.3) is 0 Å². The molecular weight excluding hydrogens is 478 g/mol. The largest absolute Gasteiger partial charge is 0.481 e. The Hall–Kier alpha value is -2.33. The van der Waals surface area contributed by atoms with Crippen LogP contribution >= 0.6 is 11.6 Å². The van der Waals surface area contributed by atoms with E-state index in [1.54, 1.807) is 49.4 Å². The number of sulfonamides is 1. The van der Waals surface area contributed by atoms with Crippen LogP contribution < -0.4 is 15.0 Å². The van der Waals surface area contributed by atoms with Gasteiger partial charge < -0.3 is 19.7 Å². The lowest BCUT2D eigenvalue weighted by molar-refractivity contribution is -0.122. The third-order valence-corrected chi connectivity index (χ3v) is 8.14. The number of halogens is 1. The lowest BCUT2D eigenvalue weighted by atomic mass is 10.1. The van der Waals surface area contributed by atoms with Gasteiger partial charge in [0.25, 0.3) is 5.91 Å². The van der Waals surface area contributed by atoms with Crippen molar-refractivity contribution in [1.82, 2.24) is 4.31 Å². The zero-order chi connectivity index (χ0) is 24.1. The van der Waals surface area contributed by atoms with Crippen molar-refractivity contribution in [3.05, 3.63) is 47.5 Å². The van der Waals surface area contributed by atoms with Gasteiger partial charge in [-0.1, -0.05) is 17.7 Å². The quantitative estimate of drug-likeness (QED) is 0.614. The average Bonchev–Trinajstić information content (AvgIpc) is 2.85. The maximum Gasteiger partial charge on any atom is 0.265 e. The van der Waals surface area contributed by atoms with Crippen LogP contribution in [-0.4, -0.2) is 64.1 Å². The molecule has 2 aromatic rings. The van der Waals surface area contributed by atoms with Crippen LogP contribution in [0.2, 0.25) is 5.02 Å². The Kier molecular flexibility index (Phi) is 7.98. The highest BCUT2D eigenvalue weighted by Gasteiger charge is 2.28. The van der Waals surface area contributed by atoms with Crippen LogP contribution in [0.15, 0.2) is 47.4 Å². The predicted molar refractivity (Wildman–Crippen MR) is 132 cm³/mol. The second-order valence-electron chi connectivity index (χ2n) is 8.45. The number of amides is 1. The molecule has 0 bridgehead atoms. The number of carbonyl (C=O) groups excluding carboxylic acids is 1. The number of benzene rings is 2. The number of rotatable bonds is 7. The minimum absolute atomic E-state index is 0.147. The third-order valence-electron chi connectivity index (χ3n) is 6.01. The molecule has 0 unspecified atom stereocenters. The summed E-state index contributed by atoms with van der Waals surface area (Å²) < 4.78 is 38.9. The van der Waals surface area contributed by atoms with Crippen LogP contribution in [0.1, 0.15) is 26.2 Å². The summed E-state index contributed by atoms with van der Waals surface area (Å²) in [6, 6.07) is 11.8. The van der Waals surface area contributed by atoms with Crippen molar-refractivity contribution < 1.29 is 22.7 Å². The number of anilines is 2. The summed E-state index contributed by atoms with van der Waals surface area (Å²) >= 11 is 6.01. The normalized spacial score (nSPS) is 18.4. The number of nitrogens with one attached hydrogen (secondary N) is 1.